The van der Waals surface area contributed by atoms with E-state index >= 15 is 0 Å². The van der Waals surface area contributed by atoms with E-state index in [1.807, 2.05) is 0 Å². The second kappa shape index (κ2) is 5.34. The van der Waals surface area contributed by atoms with E-state index in [0.717, 1.165) is 0 Å². The predicted molar refractivity (Wildman–Crippen MR) is 72.5 cm³/mol. The van der Waals surface area contributed by atoms with E-state index in [-0.39, 0.29) is 13.2 Å². The normalized spacial score (nSPS) is 26.5. The summed E-state index contributed by atoms with van der Waals surface area (Å²) in [7, 11) is 0. The maximum atomic E-state index is 9.84. The molecule has 1 aliphatic heterocycles. The first-order valence-corrected chi connectivity index (χ1v) is 6.96. The number of hydrogen-bond donors (Lipinski definition) is 3. The summed E-state index contributed by atoms with van der Waals surface area (Å²) in [5.41, 5.74) is 7.47. The molecule has 3 rings (SSSR count). The Kier molecular flexibility index (Phi) is 3.69. The summed E-state index contributed by atoms with van der Waals surface area (Å²) >= 11 is 3.36. The van der Waals surface area contributed by atoms with Gasteiger partial charge in [0.15, 0.2) is 10.4 Å². The highest BCUT2D eigenvalue weighted by Crippen LogP contribution is 2.34. The fourth-order valence-corrected chi connectivity index (χ4v) is 2.94. The van der Waals surface area contributed by atoms with E-state index in [1.54, 1.807) is 4.57 Å². The first-order chi connectivity index (χ1) is 9.65. The smallest absolute Gasteiger partial charge is 0.181 e. The van der Waals surface area contributed by atoms with Crippen LogP contribution in [0.4, 0.5) is 0 Å². The zero-order chi connectivity index (χ0) is 14.3. The molecule has 0 aliphatic carbocycles. The molecule has 0 amide bonds. The van der Waals surface area contributed by atoms with E-state index in [2.05, 4.69) is 30.9 Å². The van der Waals surface area contributed by atoms with Crippen LogP contribution in [-0.4, -0.2) is 48.5 Å². The summed E-state index contributed by atoms with van der Waals surface area (Å²) in [6.45, 7) is 0.0286. The van der Waals surface area contributed by atoms with Gasteiger partial charge in [-0.1, -0.05) is 0 Å². The highest BCUT2D eigenvalue weighted by atomic mass is 79.9. The Morgan fingerprint density at radius 2 is 2.30 bits per heavy atom. The van der Waals surface area contributed by atoms with Gasteiger partial charge in [-0.05, 0) is 15.9 Å². The van der Waals surface area contributed by atoms with Crippen molar-refractivity contribution in [2.24, 2.45) is 5.73 Å². The van der Waals surface area contributed by atoms with Crippen molar-refractivity contribution in [1.29, 1.82) is 0 Å². The van der Waals surface area contributed by atoms with Crippen LogP contribution in [0.3, 0.4) is 0 Å². The van der Waals surface area contributed by atoms with E-state index < -0.39 is 18.4 Å². The van der Waals surface area contributed by atoms with Crippen LogP contribution >= 0.6 is 15.9 Å². The monoisotopic (exact) mass is 343 g/mol. The predicted octanol–water partition coefficient (Wildman–Crippen LogP) is -0.312. The van der Waals surface area contributed by atoms with Crippen molar-refractivity contribution in [3.8, 4) is 0 Å². The van der Waals surface area contributed by atoms with Crippen molar-refractivity contribution < 1.29 is 14.9 Å². The fourth-order valence-electron chi connectivity index (χ4n) is 2.37. The molecule has 20 heavy (non-hydrogen) atoms. The number of aliphatic hydroxyl groups is 2. The molecular weight excluding hydrogens is 330 g/mol. The van der Waals surface area contributed by atoms with Crippen LogP contribution in [0.15, 0.2) is 11.1 Å². The minimum atomic E-state index is -0.717. The van der Waals surface area contributed by atoms with Gasteiger partial charge in [0.05, 0.1) is 18.4 Å². The fraction of sp³-hybridized carbons (Fsp3) is 0.545. The molecular formula is C11H14BrN5O3. The molecule has 2 aromatic rings. The second-order valence-electron chi connectivity index (χ2n) is 4.56. The Balaban J connectivity index is 2.06. The molecule has 2 aromatic heterocycles. The summed E-state index contributed by atoms with van der Waals surface area (Å²) < 4.78 is 7.89. The number of fused-ring (bicyclic) bond motifs is 1. The van der Waals surface area contributed by atoms with Gasteiger partial charge in [-0.25, -0.2) is 15.0 Å². The van der Waals surface area contributed by atoms with Gasteiger partial charge in [0.25, 0.3) is 0 Å². The number of nitrogens with zero attached hydrogens (tertiary/aromatic N) is 4. The summed E-state index contributed by atoms with van der Waals surface area (Å²) in [5.74, 6) is 0. The van der Waals surface area contributed by atoms with Crippen molar-refractivity contribution in [1.82, 2.24) is 19.5 Å². The third-order valence-electron chi connectivity index (χ3n) is 3.38. The number of aliphatic hydroxyl groups excluding tert-OH is 2. The third-order valence-corrected chi connectivity index (χ3v) is 3.93. The molecule has 0 bridgehead atoms. The van der Waals surface area contributed by atoms with Gasteiger partial charge in [-0.3, -0.25) is 4.57 Å². The minimum absolute atomic E-state index is 0.231. The van der Waals surface area contributed by atoms with Crippen molar-refractivity contribution in [3.63, 3.8) is 0 Å². The van der Waals surface area contributed by atoms with Gasteiger partial charge in [0.1, 0.15) is 24.2 Å². The third kappa shape index (κ3) is 2.11. The number of nitrogens with two attached hydrogens (primary N) is 1. The molecule has 108 valence electrons. The van der Waals surface area contributed by atoms with Crippen LogP contribution < -0.4 is 5.73 Å². The Bertz CT molecular complexity index is 634. The quantitative estimate of drug-likeness (QED) is 0.653. The molecule has 0 radical (unpaired) electrons. The Hall–Kier alpha value is -1.13. The molecule has 1 fully saturated rings. The first-order valence-electron chi connectivity index (χ1n) is 6.17. The van der Waals surface area contributed by atoms with Crippen LogP contribution in [0, 0.1) is 0 Å². The second-order valence-corrected chi connectivity index (χ2v) is 5.27. The number of hydrogen-bond acceptors (Lipinski definition) is 7. The summed E-state index contributed by atoms with van der Waals surface area (Å²) in [6.07, 6.45) is 0.0220. The van der Waals surface area contributed by atoms with Gasteiger partial charge >= 0.3 is 0 Å². The Morgan fingerprint density at radius 3 is 2.95 bits per heavy atom. The highest BCUT2D eigenvalue weighted by molar-refractivity contribution is 9.10. The SMILES string of the molecule is NCc1ncnc2c1nc(Br)n2[C@H]1CC(O)[C@@H](CO)O1. The van der Waals surface area contributed by atoms with E-state index in [4.69, 9.17) is 15.6 Å². The van der Waals surface area contributed by atoms with Crippen LogP contribution in [0.5, 0.6) is 0 Å². The molecule has 1 unspecified atom stereocenters. The Morgan fingerprint density at radius 1 is 1.50 bits per heavy atom. The van der Waals surface area contributed by atoms with E-state index in [1.165, 1.54) is 6.33 Å². The lowest BCUT2D eigenvalue weighted by Gasteiger charge is -2.14. The Labute approximate surface area is 122 Å². The maximum Gasteiger partial charge on any atom is 0.181 e. The standard InChI is InChI=1S/C11H14BrN5O3/c12-11-16-9-5(2-13)14-4-15-10(9)17(11)8-1-6(19)7(3-18)20-8/h4,6-8,18-19H,1-3,13H2/t6?,7-,8-/m1/s1. The number of imidazole rings is 1. The molecule has 1 aliphatic rings. The topological polar surface area (TPSA) is 119 Å². The van der Waals surface area contributed by atoms with E-state index in [0.29, 0.717) is 28.0 Å². The van der Waals surface area contributed by atoms with Gasteiger partial charge in [-0.15, -0.1) is 0 Å². The van der Waals surface area contributed by atoms with Crippen LogP contribution in [0.1, 0.15) is 18.3 Å². The summed E-state index contributed by atoms with van der Waals surface area (Å²) in [6, 6.07) is 0. The van der Waals surface area contributed by atoms with Gasteiger partial charge in [0, 0.05) is 13.0 Å². The lowest BCUT2D eigenvalue weighted by atomic mass is 10.2. The molecule has 9 heteroatoms. The highest BCUT2D eigenvalue weighted by Gasteiger charge is 2.36. The minimum Gasteiger partial charge on any atom is -0.394 e. The number of ether oxygens (including phenoxy) is 1. The summed E-state index contributed by atoms with van der Waals surface area (Å²) in [4.78, 5) is 12.7. The molecule has 0 aromatic carbocycles. The molecule has 1 saturated heterocycles. The number of rotatable bonds is 3. The molecule has 0 saturated carbocycles. The van der Waals surface area contributed by atoms with Crippen LogP contribution in [-0.2, 0) is 11.3 Å². The molecule has 8 nitrogen and oxygen atoms in total. The first kappa shape index (κ1) is 13.8. The molecule has 3 heterocycles. The zero-order valence-electron chi connectivity index (χ0n) is 10.5. The molecule has 4 N–H and O–H groups in total. The number of halogens is 1. The van der Waals surface area contributed by atoms with Crippen molar-refractivity contribution >= 4 is 27.1 Å². The van der Waals surface area contributed by atoms with E-state index in [9.17, 15) is 5.11 Å². The lowest BCUT2D eigenvalue weighted by molar-refractivity contribution is -0.0439. The van der Waals surface area contributed by atoms with Crippen LogP contribution in [0.2, 0.25) is 0 Å². The number of aromatic nitrogens is 4. The van der Waals surface area contributed by atoms with Gasteiger partial charge in [0.2, 0.25) is 0 Å². The van der Waals surface area contributed by atoms with Crippen molar-refractivity contribution in [2.45, 2.75) is 31.4 Å². The summed E-state index contributed by atoms with van der Waals surface area (Å²) in [5, 5.41) is 19.0. The maximum absolute atomic E-state index is 9.84. The van der Waals surface area contributed by atoms with Crippen LogP contribution in [0.25, 0.3) is 11.2 Å². The zero-order valence-corrected chi connectivity index (χ0v) is 12.1. The van der Waals surface area contributed by atoms with Crippen molar-refractivity contribution in [2.75, 3.05) is 6.61 Å². The lowest BCUT2D eigenvalue weighted by Crippen LogP contribution is -2.24. The van der Waals surface area contributed by atoms with Crippen molar-refractivity contribution in [3.05, 3.63) is 16.8 Å². The largest absolute Gasteiger partial charge is 0.394 e. The molecule has 3 atom stereocenters. The van der Waals surface area contributed by atoms with Gasteiger partial charge in [-0.2, -0.15) is 0 Å². The van der Waals surface area contributed by atoms with Gasteiger partial charge < -0.3 is 20.7 Å². The average Bonchev–Trinajstić information content (AvgIpc) is 2.97. The molecule has 0 spiro atoms. The average molecular weight is 344 g/mol.